The van der Waals surface area contributed by atoms with Crippen molar-refractivity contribution in [2.24, 2.45) is 5.73 Å². The van der Waals surface area contributed by atoms with Crippen molar-refractivity contribution in [1.29, 1.82) is 0 Å². The molecule has 1 heterocycles. The quantitative estimate of drug-likeness (QED) is 0.632. The van der Waals surface area contributed by atoms with Gasteiger partial charge < -0.3 is 16.4 Å². The highest BCUT2D eigenvalue weighted by Gasteiger charge is 2.14. The Labute approximate surface area is 152 Å². The zero-order valence-electron chi connectivity index (χ0n) is 12.8. The SMILES string of the molecule is NC(=O)c1ccccc1NC(=O)c1csc(Nc2cccc(Cl)c2)n1. The highest BCUT2D eigenvalue weighted by atomic mass is 35.5. The maximum atomic E-state index is 12.3. The zero-order chi connectivity index (χ0) is 17.8. The molecule has 8 heteroatoms. The molecule has 25 heavy (non-hydrogen) atoms. The number of carbonyl (C=O) groups excluding carboxylic acids is 2. The van der Waals surface area contributed by atoms with Crippen LogP contribution < -0.4 is 16.4 Å². The summed E-state index contributed by atoms with van der Waals surface area (Å²) in [6, 6.07) is 13.7. The molecular weight excluding hydrogens is 360 g/mol. The molecule has 0 spiro atoms. The topological polar surface area (TPSA) is 97.1 Å². The third-order valence-corrected chi connectivity index (χ3v) is 4.25. The summed E-state index contributed by atoms with van der Waals surface area (Å²) in [5.74, 6) is -1.04. The molecule has 4 N–H and O–H groups in total. The molecule has 3 aromatic rings. The van der Waals surface area contributed by atoms with Crippen LogP contribution in [0.15, 0.2) is 53.9 Å². The molecule has 0 saturated heterocycles. The number of nitrogens with two attached hydrogens (primary N) is 1. The van der Waals surface area contributed by atoms with Crippen molar-refractivity contribution < 1.29 is 9.59 Å². The Bertz CT molecular complexity index is 942. The minimum absolute atomic E-state index is 0.230. The van der Waals surface area contributed by atoms with Crippen molar-refractivity contribution in [3.05, 3.63) is 70.2 Å². The molecule has 2 aromatic carbocycles. The highest BCUT2D eigenvalue weighted by Crippen LogP contribution is 2.24. The van der Waals surface area contributed by atoms with Crippen LogP contribution >= 0.6 is 22.9 Å². The lowest BCUT2D eigenvalue weighted by Gasteiger charge is -2.07. The average Bonchev–Trinajstić information content (AvgIpc) is 3.04. The minimum atomic E-state index is -0.613. The van der Waals surface area contributed by atoms with E-state index < -0.39 is 11.8 Å². The van der Waals surface area contributed by atoms with Crippen molar-refractivity contribution in [3.8, 4) is 0 Å². The summed E-state index contributed by atoms with van der Waals surface area (Å²) in [6.07, 6.45) is 0. The number of carbonyl (C=O) groups is 2. The number of benzene rings is 2. The average molecular weight is 373 g/mol. The third-order valence-electron chi connectivity index (χ3n) is 3.25. The monoisotopic (exact) mass is 372 g/mol. The number of nitrogens with zero attached hydrogens (tertiary/aromatic N) is 1. The Hall–Kier alpha value is -2.90. The number of rotatable bonds is 5. The van der Waals surface area contributed by atoms with Crippen LogP contribution in [0.25, 0.3) is 0 Å². The van der Waals surface area contributed by atoms with Crippen LogP contribution in [0, 0.1) is 0 Å². The molecule has 0 aliphatic carbocycles. The van der Waals surface area contributed by atoms with Gasteiger partial charge in [-0.05, 0) is 30.3 Å². The normalized spacial score (nSPS) is 10.3. The minimum Gasteiger partial charge on any atom is -0.366 e. The lowest BCUT2D eigenvalue weighted by atomic mass is 10.1. The van der Waals surface area contributed by atoms with Crippen LogP contribution in [0.3, 0.4) is 0 Å². The first-order valence-corrected chi connectivity index (χ1v) is 8.47. The van der Waals surface area contributed by atoms with Gasteiger partial charge in [-0.15, -0.1) is 11.3 Å². The summed E-state index contributed by atoms with van der Waals surface area (Å²) in [4.78, 5) is 28.0. The summed E-state index contributed by atoms with van der Waals surface area (Å²) in [5, 5.41) is 8.50. The molecule has 0 fully saturated rings. The number of halogens is 1. The molecule has 3 rings (SSSR count). The Morgan fingerprint density at radius 3 is 2.68 bits per heavy atom. The first-order valence-electron chi connectivity index (χ1n) is 7.21. The molecule has 0 unspecified atom stereocenters. The summed E-state index contributed by atoms with van der Waals surface area (Å²) in [7, 11) is 0. The summed E-state index contributed by atoms with van der Waals surface area (Å²) >= 11 is 7.22. The van der Waals surface area contributed by atoms with Gasteiger partial charge >= 0.3 is 0 Å². The fourth-order valence-electron chi connectivity index (χ4n) is 2.12. The van der Waals surface area contributed by atoms with Crippen molar-refractivity contribution in [2.75, 3.05) is 10.6 Å². The van der Waals surface area contributed by atoms with E-state index in [0.717, 1.165) is 5.69 Å². The van der Waals surface area contributed by atoms with Gasteiger partial charge in [0.2, 0.25) is 0 Å². The van der Waals surface area contributed by atoms with E-state index in [1.165, 1.54) is 11.3 Å². The van der Waals surface area contributed by atoms with Gasteiger partial charge in [-0.2, -0.15) is 0 Å². The van der Waals surface area contributed by atoms with E-state index in [4.69, 9.17) is 17.3 Å². The summed E-state index contributed by atoms with van der Waals surface area (Å²) in [6.45, 7) is 0. The number of anilines is 3. The van der Waals surface area contributed by atoms with E-state index in [9.17, 15) is 9.59 Å². The number of hydrogen-bond acceptors (Lipinski definition) is 5. The van der Waals surface area contributed by atoms with Crippen LogP contribution in [0.2, 0.25) is 5.02 Å². The molecule has 0 aliphatic heterocycles. The molecule has 6 nitrogen and oxygen atoms in total. The molecule has 2 amide bonds. The number of nitrogens with one attached hydrogen (secondary N) is 2. The largest absolute Gasteiger partial charge is 0.366 e. The van der Waals surface area contributed by atoms with Gasteiger partial charge in [0, 0.05) is 16.1 Å². The predicted octanol–water partition coefficient (Wildman–Crippen LogP) is 3.89. The number of thiazole rings is 1. The van der Waals surface area contributed by atoms with E-state index in [-0.39, 0.29) is 11.3 Å². The zero-order valence-corrected chi connectivity index (χ0v) is 14.4. The molecule has 0 aliphatic rings. The smallest absolute Gasteiger partial charge is 0.275 e. The number of hydrogen-bond donors (Lipinski definition) is 3. The van der Waals surface area contributed by atoms with E-state index in [1.54, 1.807) is 41.8 Å². The van der Waals surface area contributed by atoms with Gasteiger partial charge in [-0.3, -0.25) is 9.59 Å². The maximum absolute atomic E-state index is 12.3. The number of amides is 2. The van der Waals surface area contributed by atoms with Gasteiger partial charge in [0.05, 0.1) is 11.3 Å². The second-order valence-electron chi connectivity index (χ2n) is 5.04. The Morgan fingerprint density at radius 1 is 1.12 bits per heavy atom. The van der Waals surface area contributed by atoms with E-state index in [0.29, 0.717) is 15.8 Å². The van der Waals surface area contributed by atoms with Crippen molar-refractivity contribution in [1.82, 2.24) is 4.98 Å². The van der Waals surface area contributed by atoms with E-state index in [2.05, 4.69) is 15.6 Å². The summed E-state index contributed by atoms with van der Waals surface area (Å²) in [5.41, 5.74) is 6.89. The fourth-order valence-corrected chi connectivity index (χ4v) is 3.02. The van der Waals surface area contributed by atoms with Gasteiger partial charge in [-0.25, -0.2) is 4.98 Å². The second kappa shape index (κ2) is 7.33. The van der Waals surface area contributed by atoms with Crippen molar-refractivity contribution >= 4 is 51.3 Å². The van der Waals surface area contributed by atoms with Crippen LogP contribution in [-0.2, 0) is 0 Å². The molecule has 0 bridgehead atoms. The first kappa shape index (κ1) is 16.9. The standard InChI is InChI=1S/C17H13ClN4O2S/c18-10-4-3-5-11(8-10)20-17-22-14(9-25-17)16(24)21-13-7-2-1-6-12(13)15(19)23/h1-9H,(H2,19,23)(H,20,22)(H,21,24). The van der Waals surface area contributed by atoms with Crippen LogP contribution in [0.1, 0.15) is 20.8 Å². The number of primary amides is 1. The Kier molecular flexibility index (Phi) is 4.97. The summed E-state index contributed by atoms with van der Waals surface area (Å²) < 4.78 is 0. The van der Waals surface area contributed by atoms with E-state index in [1.807, 2.05) is 12.1 Å². The van der Waals surface area contributed by atoms with Crippen LogP contribution in [0.4, 0.5) is 16.5 Å². The number of para-hydroxylation sites is 1. The van der Waals surface area contributed by atoms with Gasteiger partial charge in [0.1, 0.15) is 5.69 Å². The highest BCUT2D eigenvalue weighted by molar-refractivity contribution is 7.14. The molecule has 0 atom stereocenters. The molecule has 0 saturated carbocycles. The first-order chi connectivity index (χ1) is 12.0. The second-order valence-corrected chi connectivity index (χ2v) is 6.33. The fraction of sp³-hybridized carbons (Fsp3) is 0. The van der Waals surface area contributed by atoms with Crippen LogP contribution in [0.5, 0.6) is 0 Å². The number of aromatic nitrogens is 1. The Balaban J connectivity index is 1.74. The molecule has 1 aromatic heterocycles. The predicted molar refractivity (Wildman–Crippen MR) is 99.8 cm³/mol. The van der Waals surface area contributed by atoms with Gasteiger partial charge in [-0.1, -0.05) is 29.8 Å². The van der Waals surface area contributed by atoms with Gasteiger partial charge in [0.25, 0.3) is 11.8 Å². The molecular formula is C17H13ClN4O2S. The van der Waals surface area contributed by atoms with Gasteiger partial charge in [0.15, 0.2) is 5.13 Å². The van der Waals surface area contributed by atoms with Crippen molar-refractivity contribution in [2.45, 2.75) is 0 Å². The van der Waals surface area contributed by atoms with E-state index >= 15 is 0 Å². The molecule has 126 valence electrons. The lowest BCUT2D eigenvalue weighted by molar-refractivity contribution is 0.100. The van der Waals surface area contributed by atoms with Crippen LogP contribution in [-0.4, -0.2) is 16.8 Å². The third kappa shape index (κ3) is 4.14. The maximum Gasteiger partial charge on any atom is 0.275 e. The lowest BCUT2D eigenvalue weighted by Crippen LogP contribution is -2.18. The Morgan fingerprint density at radius 2 is 1.92 bits per heavy atom. The molecule has 0 radical (unpaired) electrons. The van der Waals surface area contributed by atoms with Crippen molar-refractivity contribution in [3.63, 3.8) is 0 Å².